The van der Waals surface area contributed by atoms with Crippen LogP contribution in [0.15, 0.2) is 42.7 Å². The van der Waals surface area contributed by atoms with Gasteiger partial charge in [-0.25, -0.2) is 4.52 Å². The molecule has 0 aromatic carbocycles. The molecule has 0 bridgehead atoms. The Kier molecular flexibility index (Phi) is 4.01. The molecule has 1 saturated heterocycles. The zero-order valence-electron chi connectivity index (χ0n) is 13.8. The summed E-state index contributed by atoms with van der Waals surface area (Å²) in [7, 11) is 1.62. The van der Waals surface area contributed by atoms with E-state index in [0.717, 1.165) is 29.8 Å². The molecule has 3 aromatic heterocycles. The number of pyridine rings is 1. The van der Waals surface area contributed by atoms with Crippen molar-refractivity contribution in [2.24, 2.45) is 0 Å². The van der Waals surface area contributed by atoms with Crippen molar-refractivity contribution in [2.45, 2.75) is 18.9 Å². The van der Waals surface area contributed by atoms with Crippen molar-refractivity contribution < 1.29 is 9.59 Å². The van der Waals surface area contributed by atoms with E-state index in [2.05, 4.69) is 10.4 Å². The molecule has 1 fully saturated rings. The summed E-state index contributed by atoms with van der Waals surface area (Å²) in [6.45, 7) is 0.723. The standard InChI is InChI=1S/C18H18N4O2S/c1-19-17(23)16-8-7-15(25-16)14-6-4-9-21(14)18(24)12-11-20-22-10-3-2-5-13(12)22/h2-3,5,7-8,10-11,14H,4,6,9H2,1H3,(H,19,23). The molecule has 0 radical (unpaired) electrons. The molecule has 2 amide bonds. The summed E-state index contributed by atoms with van der Waals surface area (Å²) < 4.78 is 1.72. The van der Waals surface area contributed by atoms with Crippen LogP contribution in [0.1, 0.15) is 43.8 Å². The molecule has 1 aliphatic rings. The smallest absolute Gasteiger partial charge is 0.261 e. The van der Waals surface area contributed by atoms with E-state index in [-0.39, 0.29) is 17.9 Å². The summed E-state index contributed by atoms with van der Waals surface area (Å²) >= 11 is 1.46. The minimum Gasteiger partial charge on any atom is -0.354 e. The third-order valence-corrected chi connectivity index (χ3v) is 5.76. The van der Waals surface area contributed by atoms with Crippen LogP contribution in [-0.4, -0.2) is 39.9 Å². The zero-order valence-corrected chi connectivity index (χ0v) is 14.6. The van der Waals surface area contributed by atoms with Crippen molar-refractivity contribution in [1.82, 2.24) is 19.8 Å². The third-order valence-electron chi connectivity index (χ3n) is 4.58. The van der Waals surface area contributed by atoms with Crippen molar-refractivity contribution in [2.75, 3.05) is 13.6 Å². The molecule has 128 valence electrons. The number of carbonyl (C=O) groups is 2. The third kappa shape index (κ3) is 2.70. The minimum atomic E-state index is -0.0882. The summed E-state index contributed by atoms with van der Waals surface area (Å²) in [4.78, 5) is 28.5. The highest BCUT2D eigenvalue weighted by Crippen LogP contribution is 2.37. The molecule has 1 aliphatic heterocycles. The molecule has 1 N–H and O–H groups in total. The van der Waals surface area contributed by atoms with Crippen molar-refractivity contribution in [1.29, 1.82) is 0 Å². The van der Waals surface area contributed by atoms with E-state index in [9.17, 15) is 9.59 Å². The van der Waals surface area contributed by atoms with Crippen molar-refractivity contribution >= 4 is 28.7 Å². The van der Waals surface area contributed by atoms with Crippen LogP contribution in [0.25, 0.3) is 5.52 Å². The summed E-state index contributed by atoms with van der Waals surface area (Å²) in [5.74, 6) is -0.0895. The summed E-state index contributed by atoms with van der Waals surface area (Å²) in [5.41, 5.74) is 1.44. The van der Waals surface area contributed by atoms with Crippen molar-refractivity contribution in [3.05, 3.63) is 58.0 Å². The monoisotopic (exact) mass is 354 g/mol. The van der Waals surface area contributed by atoms with Crippen LogP contribution in [-0.2, 0) is 0 Å². The maximum Gasteiger partial charge on any atom is 0.261 e. The number of fused-ring (bicyclic) bond motifs is 1. The number of aromatic nitrogens is 2. The summed E-state index contributed by atoms with van der Waals surface area (Å²) in [6, 6.07) is 9.51. The lowest BCUT2D eigenvalue weighted by Gasteiger charge is -2.23. The van der Waals surface area contributed by atoms with Crippen LogP contribution in [0.4, 0.5) is 0 Å². The Morgan fingerprint density at radius 1 is 1.28 bits per heavy atom. The van der Waals surface area contributed by atoms with Gasteiger partial charge in [-0.1, -0.05) is 6.07 Å². The van der Waals surface area contributed by atoms with Crippen molar-refractivity contribution in [3.63, 3.8) is 0 Å². The molecule has 0 aliphatic carbocycles. The Balaban J connectivity index is 1.64. The molecule has 0 saturated carbocycles. The highest BCUT2D eigenvalue weighted by atomic mass is 32.1. The molecule has 6 nitrogen and oxygen atoms in total. The highest BCUT2D eigenvalue weighted by molar-refractivity contribution is 7.14. The largest absolute Gasteiger partial charge is 0.354 e. The second-order valence-electron chi connectivity index (χ2n) is 6.03. The van der Waals surface area contributed by atoms with Gasteiger partial charge >= 0.3 is 0 Å². The molecule has 0 spiro atoms. The number of rotatable bonds is 3. The molecule has 3 aromatic rings. The second-order valence-corrected chi connectivity index (χ2v) is 7.14. The first-order valence-electron chi connectivity index (χ1n) is 8.24. The van der Waals surface area contributed by atoms with Gasteiger partial charge in [0, 0.05) is 24.7 Å². The Bertz CT molecular complexity index is 945. The Hall–Kier alpha value is -2.67. The van der Waals surface area contributed by atoms with Gasteiger partial charge in [-0.05, 0) is 37.1 Å². The maximum atomic E-state index is 13.1. The number of nitrogens with zero attached hydrogens (tertiary/aromatic N) is 3. The minimum absolute atomic E-state index is 0.00130. The number of hydrogen-bond donors (Lipinski definition) is 1. The molecule has 1 atom stereocenters. The van der Waals surface area contributed by atoms with E-state index in [0.29, 0.717) is 10.4 Å². The van der Waals surface area contributed by atoms with Crippen LogP contribution >= 0.6 is 11.3 Å². The van der Waals surface area contributed by atoms with Crippen LogP contribution in [0.5, 0.6) is 0 Å². The Labute approximate surface area is 149 Å². The fourth-order valence-electron chi connectivity index (χ4n) is 3.34. The summed E-state index contributed by atoms with van der Waals surface area (Å²) in [5, 5.41) is 6.91. The molecular weight excluding hydrogens is 336 g/mol. The lowest BCUT2D eigenvalue weighted by atomic mass is 10.1. The van der Waals surface area contributed by atoms with Gasteiger partial charge in [-0.2, -0.15) is 5.10 Å². The first-order chi connectivity index (χ1) is 12.2. The van der Waals surface area contributed by atoms with Crippen LogP contribution in [0.3, 0.4) is 0 Å². The first-order valence-corrected chi connectivity index (χ1v) is 9.06. The van der Waals surface area contributed by atoms with Gasteiger partial charge in [0.25, 0.3) is 11.8 Å². The second kappa shape index (κ2) is 6.33. The molecular formula is C18H18N4O2S. The van der Waals surface area contributed by atoms with Gasteiger partial charge in [0.15, 0.2) is 0 Å². The van der Waals surface area contributed by atoms with E-state index in [4.69, 9.17) is 0 Å². The van der Waals surface area contributed by atoms with E-state index in [1.165, 1.54) is 11.3 Å². The quantitative estimate of drug-likeness (QED) is 0.786. The van der Waals surface area contributed by atoms with Gasteiger partial charge in [-0.15, -0.1) is 11.3 Å². The number of hydrogen-bond acceptors (Lipinski definition) is 4. The van der Waals surface area contributed by atoms with Gasteiger partial charge in [0.05, 0.1) is 28.2 Å². The Morgan fingerprint density at radius 3 is 3.00 bits per heavy atom. The topological polar surface area (TPSA) is 66.7 Å². The van der Waals surface area contributed by atoms with E-state index < -0.39 is 0 Å². The lowest BCUT2D eigenvalue weighted by molar-refractivity contribution is 0.0739. The number of likely N-dealkylation sites (tertiary alicyclic amines) is 1. The van der Waals surface area contributed by atoms with Crippen LogP contribution < -0.4 is 5.32 Å². The number of nitrogens with one attached hydrogen (secondary N) is 1. The van der Waals surface area contributed by atoms with Crippen LogP contribution in [0, 0.1) is 0 Å². The number of carbonyl (C=O) groups excluding carboxylic acids is 2. The highest BCUT2D eigenvalue weighted by Gasteiger charge is 2.33. The summed E-state index contributed by atoms with van der Waals surface area (Å²) in [6.07, 6.45) is 5.35. The van der Waals surface area contributed by atoms with Crippen molar-refractivity contribution in [3.8, 4) is 0 Å². The first kappa shape index (κ1) is 15.8. The lowest BCUT2D eigenvalue weighted by Crippen LogP contribution is -2.30. The molecule has 4 rings (SSSR count). The predicted octanol–water partition coefficient (Wildman–Crippen LogP) is 2.73. The zero-order chi connectivity index (χ0) is 17.4. The molecule has 7 heteroatoms. The van der Waals surface area contributed by atoms with E-state index >= 15 is 0 Å². The molecule has 4 heterocycles. The van der Waals surface area contributed by atoms with Gasteiger partial charge in [0.2, 0.25) is 0 Å². The number of thiophene rings is 1. The maximum absolute atomic E-state index is 13.1. The molecule has 25 heavy (non-hydrogen) atoms. The SMILES string of the molecule is CNC(=O)c1ccc(C2CCCN2C(=O)c2cnn3ccccc23)s1. The van der Waals surface area contributed by atoms with Crippen LogP contribution in [0.2, 0.25) is 0 Å². The van der Waals surface area contributed by atoms with E-state index in [1.807, 2.05) is 41.4 Å². The fourth-order valence-corrected chi connectivity index (χ4v) is 4.44. The average Bonchev–Trinajstić information content (AvgIpc) is 3.38. The average molecular weight is 354 g/mol. The fraction of sp³-hybridized carbons (Fsp3) is 0.278. The molecule has 1 unspecified atom stereocenters. The van der Waals surface area contributed by atoms with Gasteiger partial charge < -0.3 is 10.2 Å². The van der Waals surface area contributed by atoms with Gasteiger partial charge in [-0.3, -0.25) is 9.59 Å². The normalized spacial score (nSPS) is 17.2. The Morgan fingerprint density at radius 2 is 2.16 bits per heavy atom. The van der Waals surface area contributed by atoms with E-state index in [1.54, 1.807) is 17.8 Å². The van der Waals surface area contributed by atoms with Gasteiger partial charge in [0.1, 0.15) is 0 Å². The number of amides is 2. The predicted molar refractivity (Wildman–Crippen MR) is 95.9 cm³/mol.